The van der Waals surface area contributed by atoms with Crippen molar-refractivity contribution in [3.8, 4) is 5.75 Å². The van der Waals surface area contributed by atoms with Crippen LogP contribution in [0.2, 0.25) is 0 Å². The Morgan fingerprint density at radius 3 is 2.79 bits per heavy atom. The van der Waals surface area contributed by atoms with E-state index in [2.05, 4.69) is 21.2 Å². The molecule has 0 saturated carbocycles. The zero-order valence-corrected chi connectivity index (χ0v) is 13.3. The van der Waals surface area contributed by atoms with Gasteiger partial charge in [-0.2, -0.15) is 0 Å². The summed E-state index contributed by atoms with van der Waals surface area (Å²) in [5, 5.41) is 3.11. The van der Waals surface area contributed by atoms with Crippen molar-refractivity contribution < 1.29 is 9.53 Å². The average molecular weight is 329 g/mol. The van der Waals surface area contributed by atoms with Crippen molar-refractivity contribution >= 4 is 21.8 Å². The minimum atomic E-state index is 0.135. The highest BCUT2D eigenvalue weighted by Crippen LogP contribution is 2.22. The highest BCUT2D eigenvalue weighted by molar-refractivity contribution is 9.10. The molecule has 0 atom stereocenters. The Bertz CT molecular complexity index is 422. The van der Waals surface area contributed by atoms with Crippen LogP contribution in [0.15, 0.2) is 22.7 Å². The molecule has 0 radical (unpaired) electrons. The van der Waals surface area contributed by atoms with E-state index in [4.69, 9.17) is 4.74 Å². The van der Waals surface area contributed by atoms with Crippen LogP contribution in [0, 0.1) is 0 Å². The number of ether oxygens (including phenoxy) is 1. The van der Waals surface area contributed by atoms with Crippen LogP contribution in [0.5, 0.6) is 5.75 Å². The predicted octanol–water partition coefficient (Wildman–Crippen LogP) is 2.42. The second kappa shape index (κ2) is 8.17. The maximum Gasteiger partial charge on any atom is 0.222 e. The summed E-state index contributed by atoms with van der Waals surface area (Å²) in [7, 11) is 5.44. The molecule has 1 amide bonds. The van der Waals surface area contributed by atoms with Crippen molar-refractivity contribution in [1.29, 1.82) is 0 Å². The largest absolute Gasteiger partial charge is 0.494 e. The smallest absolute Gasteiger partial charge is 0.222 e. The van der Waals surface area contributed by atoms with E-state index >= 15 is 0 Å². The molecule has 0 fully saturated rings. The molecule has 5 heteroatoms. The van der Waals surface area contributed by atoms with Crippen molar-refractivity contribution in [3.05, 3.63) is 28.2 Å². The number of nitrogens with zero attached hydrogens (tertiary/aromatic N) is 1. The summed E-state index contributed by atoms with van der Waals surface area (Å²) in [6, 6.07) is 5.92. The van der Waals surface area contributed by atoms with Gasteiger partial charge in [-0.15, -0.1) is 0 Å². The average Bonchev–Trinajstić information content (AvgIpc) is 2.38. The van der Waals surface area contributed by atoms with Crippen LogP contribution in [0.4, 0.5) is 0 Å². The van der Waals surface area contributed by atoms with Crippen molar-refractivity contribution in [2.75, 3.05) is 27.7 Å². The molecular formula is C14H21BrN2O2. The molecule has 1 N–H and O–H groups in total. The molecule has 4 nitrogen and oxygen atoms in total. The van der Waals surface area contributed by atoms with Gasteiger partial charge in [-0.1, -0.05) is 15.9 Å². The van der Waals surface area contributed by atoms with Crippen molar-refractivity contribution in [1.82, 2.24) is 10.2 Å². The Kier molecular flexibility index (Phi) is 6.87. The van der Waals surface area contributed by atoms with E-state index in [1.807, 2.05) is 25.2 Å². The summed E-state index contributed by atoms with van der Waals surface area (Å²) in [4.78, 5) is 13.0. The van der Waals surface area contributed by atoms with Gasteiger partial charge in [0.05, 0.1) is 6.61 Å². The van der Waals surface area contributed by atoms with Gasteiger partial charge in [-0.05, 0) is 37.2 Å². The Morgan fingerprint density at radius 2 is 2.16 bits per heavy atom. The molecule has 0 bridgehead atoms. The first-order chi connectivity index (χ1) is 9.04. The summed E-state index contributed by atoms with van der Waals surface area (Å²) in [6.45, 7) is 1.34. The lowest BCUT2D eigenvalue weighted by Gasteiger charge is -2.11. The van der Waals surface area contributed by atoms with E-state index in [0.717, 1.165) is 28.8 Å². The SMILES string of the molecule is CNCc1cc(OCCCC(=O)N(C)C)ccc1Br. The van der Waals surface area contributed by atoms with Crippen LogP contribution in [-0.4, -0.2) is 38.6 Å². The van der Waals surface area contributed by atoms with Gasteiger partial charge >= 0.3 is 0 Å². The first-order valence-electron chi connectivity index (χ1n) is 6.30. The van der Waals surface area contributed by atoms with Gasteiger partial charge in [0.1, 0.15) is 5.75 Å². The third-order valence-corrected chi connectivity index (χ3v) is 3.46. The Balaban J connectivity index is 2.41. The first kappa shape index (κ1) is 16.0. The highest BCUT2D eigenvalue weighted by atomic mass is 79.9. The fourth-order valence-corrected chi connectivity index (χ4v) is 1.99. The number of carbonyl (C=O) groups excluding carboxylic acids is 1. The zero-order valence-electron chi connectivity index (χ0n) is 11.7. The lowest BCUT2D eigenvalue weighted by atomic mass is 10.2. The fourth-order valence-electron chi connectivity index (χ4n) is 1.60. The molecule has 1 rings (SSSR count). The Hall–Kier alpha value is -1.07. The maximum absolute atomic E-state index is 11.4. The quantitative estimate of drug-likeness (QED) is 0.781. The van der Waals surface area contributed by atoms with E-state index in [1.165, 1.54) is 0 Å². The van der Waals surface area contributed by atoms with Gasteiger partial charge in [-0.25, -0.2) is 0 Å². The van der Waals surface area contributed by atoms with Crippen LogP contribution in [0.1, 0.15) is 18.4 Å². The number of amides is 1. The molecule has 106 valence electrons. The number of hydrogen-bond donors (Lipinski definition) is 1. The summed E-state index contributed by atoms with van der Waals surface area (Å²) in [5.74, 6) is 0.973. The summed E-state index contributed by atoms with van der Waals surface area (Å²) < 4.78 is 6.73. The van der Waals surface area contributed by atoms with Crippen LogP contribution in [0.3, 0.4) is 0 Å². The van der Waals surface area contributed by atoms with E-state index in [1.54, 1.807) is 19.0 Å². The summed E-state index contributed by atoms with van der Waals surface area (Å²) >= 11 is 3.50. The number of rotatable bonds is 7. The lowest BCUT2D eigenvalue weighted by molar-refractivity contribution is -0.128. The molecule has 19 heavy (non-hydrogen) atoms. The molecule has 0 aliphatic rings. The Labute approximate surface area is 123 Å². The second-order valence-electron chi connectivity index (χ2n) is 4.52. The molecule has 1 aromatic rings. The van der Waals surface area contributed by atoms with Gasteiger partial charge in [0.25, 0.3) is 0 Å². The van der Waals surface area contributed by atoms with Gasteiger partial charge in [0.2, 0.25) is 5.91 Å². The Morgan fingerprint density at radius 1 is 1.42 bits per heavy atom. The topological polar surface area (TPSA) is 41.6 Å². The molecule has 0 heterocycles. The predicted molar refractivity (Wildman–Crippen MR) is 80.3 cm³/mol. The molecule has 0 aliphatic carbocycles. The van der Waals surface area contributed by atoms with E-state index in [-0.39, 0.29) is 5.91 Å². The first-order valence-corrected chi connectivity index (χ1v) is 7.10. The molecule has 0 aliphatic heterocycles. The summed E-state index contributed by atoms with van der Waals surface area (Å²) in [6.07, 6.45) is 1.25. The third-order valence-electron chi connectivity index (χ3n) is 2.69. The number of hydrogen-bond acceptors (Lipinski definition) is 3. The van der Waals surface area contributed by atoms with Crippen LogP contribution in [-0.2, 0) is 11.3 Å². The normalized spacial score (nSPS) is 10.3. The van der Waals surface area contributed by atoms with Crippen molar-refractivity contribution in [2.45, 2.75) is 19.4 Å². The van der Waals surface area contributed by atoms with E-state index in [0.29, 0.717) is 13.0 Å². The van der Waals surface area contributed by atoms with Gasteiger partial charge in [0, 0.05) is 31.5 Å². The fraction of sp³-hybridized carbons (Fsp3) is 0.500. The maximum atomic E-state index is 11.4. The summed E-state index contributed by atoms with van der Waals surface area (Å²) in [5.41, 5.74) is 1.16. The van der Waals surface area contributed by atoms with Crippen molar-refractivity contribution in [3.63, 3.8) is 0 Å². The van der Waals surface area contributed by atoms with Gasteiger partial charge in [0.15, 0.2) is 0 Å². The minimum Gasteiger partial charge on any atom is -0.494 e. The molecule has 0 saturated heterocycles. The number of carbonyl (C=O) groups is 1. The number of halogens is 1. The molecule has 0 aromatic heterocycles. The number of nitrogens with one attached hydrogen (secondary N) is 1. The highest BCUT2D eigenvalue weighted by Gasteiger charge is 2.05. The monoisotopic (exact) mass is 328 g/mol. The van der Waals surface area contributed by atoms with Gasteiger partial charge in [-0.3, -0.25) is 4.79 Å². The molecule has 0 unspecified atom stereocenters. The minimum absolute atomic E-state index is 0.135. The van der Waals surface area contributed by atoms with E-state index < -0.39 is 0 Å². The van der Waals surface area contributed by atoms with Crippen LogP contribution >= 0.6 is 15.9 Å². The molecule has 0 spiro atoms. The third kappa shape index (κ3) is 5.61. The van der Waals surface area contributed by atoms with Gasteiger partial charge < -0.3 is 15.0 Å². The van der Waals surface area contributed by atoms with Crippen molar-refractivity contribution in [2.24, 2.45) is 0 Å². The number of benzene rings is 1. The molecule has 1 aromatic carbocycles. The van der Waals surface area contributed by atoms with Crippen LogP contribution < -0.4 is 10.1 Å². The lowest BCUT2D eigenvalue weighted by Crippen LogP contribution is -2.21. The van der Waals surface area contributed by atoms with Crippen LogP contribution in [0.25, 0.3) is 0 Å². The standard InChI is InChI=1S/C14H21BrN2O2/c1-16-10-11-9-12(6-7-13(11)15)19-8-4-5-14(18)17(2)3/h6-7,9,16H,4-5,8,10H2,1-3H3. The second-order valence-corrected chi connectivity index (χ2v) is 5.38. The zero-order chi connectivity index (χ0) is 14.3. The van der Waals surface area contributed by atoms with E-state index in [9.17, 15) is 4.79 Å². The molecular weight excluding hydrogens is 308 g/mol.